The fourth-order valence-corrected chi connectivity index (χ4v) is 3.10. The van der Waals surface area contributed by atoms with Crippen molar-refractivity contribution < 1.29 is 14.7 Å². The van der Waals surface area contributed by atoms with Gasteiger partial charge in [-0.2, -0.15) is 0 Å². The van der Waals surface area contributed by atoms with Crippen LogP contribution in [0.4, 0.5) is 0 Å². The van der Waals surface area contributed by atoms with Gasteiger partial charge in [-0.3, -0.25) is 14.6 Å². The monoisotopic (exact) mass is 327 g/mol. The van der Waals surface area contributed by atoms with Gasteiger partial charge in [0.05, 0.1) is 11.1 Å². The van der Waals surface area contributed by atoms with Gasteiger partial charge >= 0.3 is 5.97 Å². The fourth-order valence-electron chi connectivity index (χ4n) is 3.10. The number of hydrogen-bond donors (Lipinski definition) is 2. The third kappa shape index (κ3) is 2.85. The lowest BCUT2D eigenvalue weighted by Crippen LogP contribution is -2.55. The minimum Gasteiger partial charge on any atom is -0.480 e. The van der Waals surface area contributed by atoms with Gasteiger partial charge in [-0.05, 0) is 38.0 Å². The van der Waals surface area contributed by atoms with Gasteiger partial charge in [0.2, 0.25) is 0 Å². The van der Waals surface area contributed by atoms with Crippen molar-refractivity contribution in [3.8, 4) is 0 Å². The molecule has 1 amide bonds. The maximum atomic E-state index is 13.0. The zero-order valence-corrected chi connectivity index (χ0v) is 14.1. The van der Waals surface area contributed by atoms with Crippen LogP contribution in [0.3, 0.4) is 0 Å². The molecule has 1 atom stereocenters. The van der Waals surface area contributed by atoms with E-state index < -0.39 is 12.0 Å². The Morgan fingerprint density at radius 1 is 1.29 bits per heavy atom. The summed E-state index contributed by atoms with van der Waals surface area (Å²) in [5, 5.41) is 12.9. The summed E-state index contributed by atoms with van der Waals surface area (Å²) >= 11 is 0. The van der Waals surface area contributed by atoms with Crippen molar-refractivity contribution in [1.29, 1.82) is 0 Å². The van der Waals surface area contributed by atoms with Crippen LogP contribution >= 0.6 is 0 Å². The number of rotatable bonds is 2. The Hall–Kier alpha value is -2.47. The van der Waals surface area contributed by atoms with E-state index in [1.165, 1.54) is 0 Å². The summed E-state index contributed by atoms with van der Waals surface area (Å²) in [5.41, 5.74) is 4.40. The topological polar surface area (TPSA) is 82.5 Å². The molecule has 0 saturated carbocycles. The molecule has 2 N–H and O–H groups in total. The van der Waals surface area contributed by atoms with Crippen molar-refractivity contribution >= 4 is 22.8 Å². The first-order valence-corrected chi connectivity index (χ1v) is 8.01. The van der Waals surface area contributed by atoms with Crippen LogP contribution < -0.4 is 5.32 Å². The summed E-state index contributed by atoms with van der Waals surface area (Å²) in [6, 6.07) is 4.98. The number of carboxylic acid groups (broad SMARTS) is 1. The van der Waals surface area contributed by atoms with E-state index in [1.807, 2.05) is 32.9 Å². The zero-order valence-electron chi connectivity index (χ0n) is 14.1. The molecule has 0 aliphatic carbocycles. The predicted octanol–water partition coefficient (Wildman–Crippen LogP) is 1.66. The third-order valence-electron chi connectivity index (χ3n) is 4.62. The number of carbonyl (C=O) groups is 2. The van der Waals surface area contributed by atoms with Crippen molar-refractivity contribution in [3.63, 3.8) is 0 Å². The molecule has 1 saturated heterocycles. The number of hydrogen-bond acceptors (Lipinski definition) is 4. The normalized spacial score (nSPS) is 18.0. The first-order valence-electron chi connectivity index (χ1n) is 8.01. The smallest absolute Gasteiger partial charge is 0.322 e. The summed E-state index contributed by atoms with van der Waals surface area (Å²) in [7, 11) is 0. The number of piperazine rings is 1. The number of amides is 1. The molecule has 6 nitrogen and oxygen atoms in total. The average molecular weight is 327 g/mol. The summed E-state index contributed by atoms with van der Waals surface area (Å²) < 4.78 is 0. The average Bonchev–Trinajstić information content (AvgIpc) is 2.57. The molecule has 1 fully saturated rings. The van der Waals surface area contributed by atoms with Crippen LogP contribution in [0.1, 0.15) is 27.2 Å². The quantitative estimate of drug-likeness (QED) is 0.876. The molecule has 1 aromatic carbocycles. The molecule has 3 rings (SSSR count). The molecule has 2 aromatic rings. The first-order chi connectivity index (χ1) is 11.4. The highest BCUT2D eigenvalue weighted by molar-refractivity contribution is 6.07. The molecule has 0 radical (unpaired) electrons. The van der Waals surface area contributed by atoms with E-state index in [9.17, 15) is 14.7 Å². The maximum absolute atomic E-state index is 13.0. The Morgan fingerprint density at radius 3 is 2.75 bits per heavy atom. The van der Waals surface area contributed by atoms with E-state index in [0.717, 1.165) is 27.7 Å². The number of aromatic nitrogens is 1. The van der Waals surface area contributed by atoms with Crippen molar-refractivity contribution in [1.82, 2.24) is 15.2 Å². The number of pyridine rings is 1. The maximum Gasteiger partial charge on any atom is 0.322 e. The third-order valence-corrected chi connectivity index (χ3v) is 4.62. The predicted molar refractivity (Wildman–Crippen MR) is 91.3 cm³/mol. The summed E-state index contributed by atoms with van der Waals surface area (Å²) in [4.78, 5) is 30.4. The second kappa shape index (κ2) is 6.20. The van der Waals surface area contributed by atoms with Crippen LogP contribution in [0.15, 0.2) is 18.2 Å². The highest BCUT2D eigenvalue weighted by Gasteiger charge is 2.29. The van der Waals surface area contributed by atoms with E-state index in [4.69, 9.17) is 0 Å². The summed E-state index contributed by atoms with van der Waals surface area (Å²) in [6.45, 7) is 7.04. The molecule has 126 valence electrons. The Balaban J connectivity index is 2.04. The molecule has 1 aliphatic heterocycles. The zero-order chi connectivity index (χ0) is 17.4. The van der Waals surface area contributed by atoms with Gasteiger partial charge in [0, 0.05) is 30.7 Å². The molecule has 0 spiro atoms. The number of nitrogens with zero attached hydrogens (tertiary/aromatic N) is 2. The highest BCUT2D eigenvalue weighted by Crippen LogP contribution is 2.25. The molecule has 0 bridgehead atoms. The Kier molecular flexibility index (Phi) is 4.24. The second-order valence-corrected chi connectivity index (χ2v) is 6.31. The minimum absolute atomic E-state index is 0.137. The fraction of sp³-hybridized carbons (Fsp3) is 0.389. The van der Waals surface area contributed by atoms with Crippen molar-refractivity contribution in [2.24, 2.45) is 0 Å². The standard InChI is InChI=1S/C18H21N3O3/c1-10-4-5-13-14(8-11(2)20-16(13)12(10)3)17(22)21-7-6-19-15(9-21)18(23)24/h4-5,8,15,19H,6-7,9H2,1-3H3,(H,23,24). The number of carboxylic acids is 1. The van der Waals surface area contributed by atoms with Crippen LogP contribution in [-0.4, -0.2) is 52.5 Å². The Bertz CT molecular complexity index is 832. The van der Waals surface area contributed by atoms with Crippen molar-refractivity contribution in [3.05, 3.63) is 40.6 Å². The number of aryl methyl sites for hydroxylation is 3. The van der Waals surface area contributed by atoms with E-state index in [-0.39, 0.29) is 12.5 Å². The van der Waals surface area contributed by atoms with Gasteiger partial charge in [0.15, 0.2) is 0 Å². The van der Waals surface area contributed by atoms with Crippen LogP contribution in [0.25, 0.3) is 10.9 Å². The first kappa shape index (κ1) is 16.4. The van der Waals surface area contributed by atoms with Crippen LogP contribution in [0.2, 0.25) is 0 Å². The Morgan fingerprint density at radius 2 is 2.04 bits per heavy atom. The van der Waals surface area contributed by atoms with E-state index in [2.05, 4.69) is 10.3 Å². The van der Waals surface area contributed by atoms with Crippen LogP contribution in [0.5, 0.6) is 0 Å². The number of carbonyl (C=O) groups excluding carboxylic acids is 1. The molecular formula is C18H21N3O3. The van der Waals surface area contributed by atoms with Crippen molar-refractivity contribution in [2.45, 2.75) is 26.8 Å². The number of nitrogens with one attached hydrogen (secondary N) is 1. The lowest BCUT2D eigenvalue weighted by atomic mass is 10.00. The molecule has 6 heteroatoms. The SMILES string of the molecule is Cc1cc(C(=O)N2CCNC(C(=O)O)C2)c2ccc(C)c(C)c2n1. The number of aliphatic carboxylic acids is 1. The van der Waals surface area contributed by atoms with Crippen LogP contribution in [-0.2, 0) is 4.79 Å². The van der Waals surface area contributed by atoms with Gasteiger partial charge in [0.25, 0.3) is 5.91 Å². The number of benzene rings is 1. The molecule has 2 heterocycles. The van der Waals surface area contributed by atoms with E-state index in [0.29, 0.717) is 18.7 Å². The molecule has 1 aliphatic rings. The highest BCUT2D eigenvalue weighted by atomic mass is 16.4. The van der Waals surface area contributed by atoms with Gasteiger partial charge in [-0.25, -0.2) is 0 Å². The molecule has 24 heavy (non-hydrogen) atoms. The largest absolute Gasteiger partial charge is 0.480 e. The van der Waals surface area contributed by atoms with Crippen LogP contribution in [0, 0.1) is 20.8 Å². The van der Waals surface area contributed by atoms with E-state index >= 15 is 0 Å². The van der Waals surface area contributed by atoms with Gasteiger partial charge < -0.3 is 15.3 Å². The molecular weight excluding hydrogens is 306 g/mol. The van der Waals surface area contributed by atoms with Crippen molar-refractivity contribution in [2.75, 3.05) is 19.6 Å². The summed E-state index contributed by atoms with van der Waals surface area (Å²) in [5.74, 6) is -1.07. The van der Waals surface area contributed by atoms with Gasteiger partial charge in [0.1, 0.15) is 6.04 Å². The molecule has 1 unspecified atom stereocenters. The lowest BCUT2D eigenvalue weighted by Gasteiger charge is -2.32. The second-order valence-electron chi connectivity index (χ2n) is 6.31. The van der Waals surface area contributed by atoms with Gasteiger partial charge in [-0.15, -0.1) is 0 Å². The minimum atomic E-state index is -0.935. The van der Waals surface area contributed by atoms with Gasteiger partial charge in [-0.1, -0.05) is 12.1 Å². The summed E-state index contributed by atoms with van der Waals surface area (Å²) in [6.07, 6.45) is 0. The Labute approximate surface area is 140 Å². The molecule has 1 aromatic heterocycles. The van der Waals surface area contributed by atoms with E-state index in [1.54, 1.807) is 11.0 Å². The number of fused-ring (bicyclic) bond motifs is 1. The lowest BCUT2D eigenvalue weighted by molar-refractivity contribution is -0.140.